The van der Waals surface area contributed by atoms with E-state index in [1.54, 1.807) is 12.1 Å². The predicted molar refractivity (Wildman–Crippen MR) is 159 cm³/mol. The van der Waals surface area contributed by atoms with Gasteiger partial charge in [-0.3, -0.25) is 14.6 Å². The number of aliphatic carboxylic acids is 1. The SMILES string of the molecule is CCCCOC(=O)NCCOC(=O)NCCS(=O)(=O)N[C@@H](CNC(=O)c1ccc(OCCNC2=NCCCN2)cc1)C(=O)O. The molecule has 0 unspecified atom stereocenters. The Bertz CT molecular complexity index is 1210. The van der Waals surface area contributed by atoms with Gasteiger partial charge in [0.25, 0.3) is 5.91 Å². The molecule has 1 aromatic carbocycles. The van der Waals surface area contributed by atoms with Crippen LogP contribution in [0.25, 0.3) is 0 Å². The van der Waals surface area contributed by atoms with Crippen LogP contribution in [0, 0.1) is 0 Å². The van der Waals surface area contributed by atoms with Gasteiger partial charge < -0.3 is 45.9 Å². The number of carbonyl (C=O) groups excluding carboxylic acids is 3. The highest BCUT2D eigenvalue weighted by molar-refractivity contribution is 7.89. The van der Waals surface area contributed by atoms with E-state index in [0.29, 0.717) is 18.9 Å². The molecule has 44 heavy (non-hydrogen) atoms. The molecule has 0 saturated heterocycles. The summed E-state index contributed by atoms with van der Waals surface area (Å²) < 4.78 is 42.0. The van der Waals surface area contributed by atoms with Crippen molar-refractivity contribution in [3.63, 3.8) is 0 Å². The molecule has 0 aliphatic carbocycles. The number of carboxylic acids is 1. The Morgan fingerprint density at radius 3 is 2.34 bits per heavy atom. The van der Waals surface area contributed by atoms with Crippen LogP contribution in [-0.2, 0) is 24.3 Å². The molecular weight excluding hydrogens is 602 g/mol. The number of carbonyl (C=O) groups is 4. The predicted octanol–water partition coefficient (Wildman–Crippen LogP) is -0.641. The second-order valence-electron chi connectivity index (χ2n) is 9.33. The Kier molecular flexibility index (Phi) is 16.1. The molecule has 0 fully saturated rings. The highest BCUT2D eigenvalue weighted by Gasteiger charge is 2.25. The minimum atomic E-state index is -4.16. The van der Waals surface area contributed by atoms with Gasteiger partial charge in [0.1, 0.15) is 25.0 Å². The van der Waals surface area contributed by atoms with Gasteiger partial charge in [0.2, 0.25) is 10.0 Å². The number of alkyl carbamates (subject to hydrolysis) is 2. The number of amides is 3. The van der Waals surface area contributed by atoms with Crippen LogP contribution in [0.1, 0.15) is 36.5 Å². The van der Waals surface area contributed by atoms with Crippen molar-refractivity contribution < 1.29 is 46.9 Å². The van der Waals surface area contributed by atoms with Crippen LogP contribution >= 0.6 is 0 Å². The third-order valence-electron chi connectivity index (χ3n) is 5.74. The van der Waals surface area contributed by atoms with Crippen LogP contribution in [0.5, 0.6) is 5.75 Å². The van der Waals surface area contributed by atoms with E-state index >= 15 is 0 Å². The van der Waals surface area contributed by atoms with Crippen LogP contribution in [0.3, 0.4) is 0 Å². The molecular formula is C26H41N7O10S. The van der Waals surface area contributed by atoms with E-state index in [-0.39, 0.29) is 31.9 Å². The van der Waals surface area contributed by atoms with Crippen molar-refractivity contribution in [1.29, 1.82) is 0 Å². The van der Waals surface area contributed by atoms with Crippen LogP contribution in [-0.4, -0.2) is 114 Å². The van der Waals surface area contributed by atoms with Crippen molar-refractivity contribution in [2.24, 2.45) is 4.99 Å². The fraction of sp³-hybridized carbons (Fsp3) is 0.577. The van der Waals surface area contributed by atoms with Gasteiger partial charge in [-0.1, -0.05) is 13.3 Å². The van der Waals surface area contributed by atoms with Crippen molar-refractivity contribution in [2.45, 2.75) is 32.2 Å². The smallest absolute Gasteiger partial charge is 0.407 e. The number of sulfonamides is 1. The maximum absolute atomic E-state index is 12.5. The number of hydrogen-bond donors (Lipinski definition) is 7. The number of benzene rings is 1. The number of aliphatic imine (C=N–C) groups is 1. The summed E-state index contributed by atoms with van der Waals surface area (Å²) in [5.74, 6) is -1.51. The van der Waals surface area contributed by atoms with Gasteiger partial charge in [-0.05, 0) is 37.1 Å². The molecule has 2 rings (SSSR count). The quantitative estimate of drug-likeness (QED) is 0.0933. The molecule has 0 spiro atoms. The molecule has 7 N–H and O–H groups in total. The molecule has 3 amide bonds. The summed E-state index contributed by atoms with van der Waals surface area (Å²) in [6, 6.07) is 4.49. The van der Waals surface area contributed by atoms with Crippen LogP contribution in [0.2, 0.25) is 0 Å². The standard InChI is InChI=1S/C26H41N7O10S/c1-2-3-14-42-25(37)30-12-16-43-26(38)31-13-17-44(39,40)33-21(23(35)36)18-32-22(34)19-5-7-20(8-6-19)41-15-11-29-24-27-9-4-10-28-24/h5-8,21,33H,2-4,9-18H2,1H3,(H,30,37)(H,31,38)(H,32,34)(H,35,36)(H2,27,28,29)/t21-/m0/s1. The maximum atomic E-state index is 12.5. The number of rotatable bonds is 19. The van der Waals surface area contributed by atoms with Gasteiger partial charge >= 0.3 is 18.2 Å². The third-order valence-corrected chi connectivity index (χ3v) is 7.12. The summed E-state index contributed by atoms with van der Waals surface area (Å²) in [5, 5.41) is 22.7. The van der Waals surface area contributed by atoms with Crippen molar-refractivity contribution >= 4 is 40.0 Å². The third kappa shape index (κ3) is 15.2. The zero-order valence-corrected chi connectivity index (χ0v) is 25.4. The lowest BCUT2D eigenvalue weighted by Crippen LogP contribution is -2.49. The number of guanidine groups is 1. The van der Waals surface area contributed by atoms with Gasteiger partial charge in [-0.15, -0.1) is 0 Å². The molecule has 0 radical (unpaired) electrons. The molecule has 0 saturated carbocycles. The van der Waals surface area contributed by atoms with E-state index in [1.165, 1.54) is 12.1 Å². The van der Waals surface area contributed by atoms with Gasteiger partial charge in [-0.25, -0.2) is 18.0 Å². The molecule has 0 aromatic heterocycles. The first-order valence-electron chi connectivity index (χ1n) is 14.2. The molecule has 18 heteroatoms. The number of hydrogen-bond acceptors (Lipinski definition) is 12. The lowest BCUT2D eigenvalue weighted by atomic mass is 10.2. The minimum Gasteiger partial charge on any atom is -0.492 e. The number of ether oxygens (including phenoxy) is 3. The summed E-state index contributed by atoms with van der Waals surface area (Å²) in [7, 11) is -4.16. The number of unbranched alkanes of at least 4 members (excludes halogenated alkanes) is 1. The molecule has 17 nitrogen and oxygen atoms in total. The maximum Gasteiger partial charge on any atom is 0.407 e. The van der Waals surface area contributed by atoms with E-state index in [9.17, 15) is 32.7 Å². The Balaban J connectivity index is 1.66. The zero-order valence-electron chi connectivity index (χ0n) is 24.6. The molecule has 1 aliphatic heterocycles. The highest BCUT2D eigenvalue weighted by Crippen LogP contribution is 2.12. The Morgan fingerprint density at radius 2 is 1.68 bits per heavy atom. The molecule has 1 aromatic rings. The number of nitrogens with zero attached hydrogens (tertiary/aromatic N) is 1. The summed E-state index contributed by atoms with van der Waals surface area (Å²) in [5.41, 5.74) is 0.217. The summed E-state index contributed by atoms with van der Waals surface area (Å²) in [4.78, 5) is 51.5. The minimum absolute atomic E-state index is 0.00519. The normalized spacial score (nSPS) is 13.3. The van der Waals surface area contributed by atoms with Gasteiger partial charge in [0.15, 0.2) is 5.96 Å². The Hall–Kier alpha value is -4.32. The van der Waals surface area contributed by atoms with Crippen molar-refractivity contribution in [1.82, 2.24) is 31.3 Å². The first kappa shape index (κ1) is 35.9. The van der Waals surface area contributed by atoms with E-state index in [2.05, 4.69) is 31.6 Å². The Labute approximate surface area is 255 Å². The summed E-state index contributed by atoms with van der Waals surface area (Å²) >= 11 is 0. The topological polar surface area (TPSA) is 235 Å². The van der Waals surface area contributed by atoms with Gasteiger partial charge in [-0.2, -0.15) is 4.72 Å². The van der Waals surface area contributed by atoms with E-state index < -0.39 is 52.4 Å². The van der Waals surface area contributed by atoms with E-state index in [4.69, 9.17) is 14.2 Å². The Morgan fingerprint density at radius 1 is 0.977 bits per heavy atom. The lowest BCUT2D eigenvalue weighted by Gasteiger charge is -2.16. The highest BCUT2D eigenvalue weighted by atomic mass is 32.2. The van der Waals surface area contributed by atoms with Crippen LogP contribution in [0.4, 0.5) is 9.59 Å². The largest absolute Gasteiger partial charge is 0.492 e. The number of nitrogens with one attached hydrogen (secondary N) is 6. The average Bonchev–Trinajstić information content (AvgIpc) is 3.00. The number of carboxylic acid groups (broad SMARTS) is 1. The second-order valence-corrected chi connectivity index (χ2v) is 11.2. The molecule has 246 valence electrons. The van der Waals surface area contributed by atoms with Crippen molar-refractivity contribution in [3.8, 4) is 5.75 Å². The first-order valence-corrected chi connectivity index (χ1v) is 15.8. The van der Waals surface area contributed by atoms with E-state index in [0.717, 1.165) is 38.3 Å². The fourth-order valence-corrected chi connectivity index (χ4v) is 4.55. The average molecular weight is 644 g/mol. The van der Waals surface area contributed by atoms with Crippen molar-refractivity contribution in [2.75, 3.05) is 64.8 Å². The van der Waals surface area contributed by atoms with E-state index in [1.807, 2.05) is 11.6 Å². The molecule has 1 atom stereocenters. The van der Waals surface area contributed by atoms with Crippen molar-refractivity contribution in [3.05, 3.63) is 29.8 Å². The first-order chi connectivity index (χ1) is 21.1. The van der Waals surface area contributed by atoms with Crippen LogP contribution < -0.4 is 36.0 Å². The molecule has 1 heterocycles. The molecule has 1 aliphatic rings. The zero-order chi connectivity index (χ0) is 32.2. The van der Waals surface area contributed by atoms with Crippen LogP contribution in [0.15, 0.2) is 29.3 Å². The fourth-order valence-electron chi connectivity index (χ4n) is 3.44. The molecule has 0 bridgehead atoms. The monoisotopic (exact) mass is 643 g/mol. The lowest BCUT2D eigenvalue weighted by molar-refractivity contribution is -0.138. The summed E-state index contributed by atoms with van der Waals surface area (Å²) in [6.07, 6.45) is 1.02. The van der Waals surface area contributed by atoms with Gasteiger partial charge in [0.05, 0.1) is 25.4 Å². The second kappa shape index (κ2) is 19.8. The summed E-state index contributed by atoms with van der Waals surface area (Å²) in [6.45, 7) is 3.66. The van der Waals surface area contributed by atoms with Gasteiger partial charge in [0, 0.05) is 31.7 Å².